The molecule has 39 heavy (non-hydrogen) atoms. The van der Waals surface area contributed by atoms with Crippen molar-refractivity contribution in [3.05, 3.63) is 82.9 Å². The Balaban J connectivity index is 1.33. The van der Waals surface area contributed by atoms with Crippen molar-refractivity contribution < 1.29 is 26.4 Å². The molecule has 1 aliphatic heterocycles. The van der Waals surface area contributed by atoms with E-state index in [0.29, 0.717) is 30.1 Å². The van der Waals surface area contributed by atoms with Gasteiger partial charge < -0.3 is 10.1 Å². The smallest absolute Gasteiger partial charge is 0.262 e. The average Bonchev–Trinajstić information content (AvgIpc) is 3.45. The minimum atomic E-state index is -3.91. The molecule has 1 saturated heterocycles. The van der Waals surface area contributed by atoms with Gasteiger partial charge >= 0.3 is 0 Å². The molecule has 3 aromatic rings. The maximum atomic E-state index is 13.1. The van der Waals surface area contributed by atoms with E-state index in [2.05, 4.69) is 10.0 Å². The van der Waals surface area contributed by atoms with Crippen LogP contribution in [-0.4, -0.2) is 53.3 Å². The number of hydrogen-bond acceptors (Lipinski definition) is 6. The van der Waals surface area contributed by atoms with Crippen LogP contribution in [0.1, 0.15) is 39.9 Å². The summed E-state index contributed by atoms with van der Waals surface area (Å²) in [5, 5.41) is 2.72. The zero-order chi connectivity index (χ0) is 28.2. The molecule has 1 amide bonds. The third-order valence-electron chi connectivity index (χ3n) is 6.68. The molecule has 0 aromatic heterocycles. The monoisotopic (exact) mass is 571 g/mol. The molecular formula is C28H33N3O6S2. The Hall–Kier alpha value is -3.41. The first-order valence-electron chi connectivity index (χ1n) is 12.7. The second-order valence-corrected chi connectivity index (χ2v) is 13.2. The fourth-order valence-corrected chi connectivity index (χ4v) is 7.11. The third-order valence-corrected chi connectivity index (χ3v) is 10.1. The van der Waals surface area contributed by atoms with Gasteiger partial charge in [-0.05, 0) is 98.8 Å². The Morgan fingerprint density at radius 3 is 2.18 bits per heavy atom. The number of hydrogen-bond donors (Lipinski definition) is 2. The van der Waals surface area contributed by atoms with Crippen molar-refractivity contribution in [2.75, 3.05) is 31.0 Å². The number of benzene rings is 3. The van der Waals surface area contributed by atoms with Crippen LogP contribution in [0.5, 0.6) is 5.75 Å². The number of sulfonamides is 2. The van der Waals surface area contributed by atoms with Gasteiger partial charge in [0.2, 0.25) is 10.0 Å². The first-order valence-corrected chi connectivity index (χ1v) is 15.6. The van der Waals surface area contributed by atoms with E-state index in [0.717, 1.165) is 24.0 Å². The van der Waals surface area contributed by atoms with Crippen LogP contribution in [0.15, 0.2) is 70.5 Å². The van der Waals surface area contributed by atoms with Crippen molar-refractivity contribution >= 4 is 31.6 Å². The highest BCUT2D eigenvalue weighted by Crippen LogP contribution is 2.24. The number of nitrogens with zero attached hydrogens (tertiary/aromatic N) is 1. The van der Waals surface area contributed by atoms with Crippen molar-refractivity contribution in [1.29, 1.82) is 0 Å². The SMILES string of the molecule is Cc1ccc(NS(=O)(=O)c2cc(C(=O)NCCOc3ccc(S(=O)(=O)N4CCCC4)cc3)ccc2C)cc1C. The fraction of sp³-hybridized carbons (Fsp3) is 0.321. The minimum absolute atomic E-state index is 0.0219. The lowest BCUT2D eigenvalue weighted by molar-refractivity contribution is 0.0946. The summed E-state index contributed by atoms with van der Waals surface area (Å²) in [6.07, 6.45) is 1.74. The van der Waals surface area contributed by atoms with E-state index < -0.39 is 26.0 Å². The molecule has 0 atom stereocenters. The van der Waals surface area contributed by atoms with Gasteiger partial charge in [-0.3, -0.25) is 9.52 Å². The highest BCUT2D eigenvalue weighted by Gasteiger charge is 2.27. The van der Waals surface area contributed by atoms with Gasteiger partial charge in [0, 0.05) is 24.3 Å². The predicted molar refractivity (Wildman–Crippen MR) is 150 cm³/mol. The Morgan fingerprint density at radius 2 is 1.51 bits per heavy atom. The molecule has 0 spiro atoms. The molecule has 0 saturated carbocycles. The van der Waals surface area contributed by atoms with Crippen molar-refractivity contribution in [3.63, 3.8) is 0 Å². The van der Waals surface area contributed by atoms with Gasteiger partial charge in [-0.15, -0.1) is 0 Å². The number of ether oxygens (including phenoxy) is 1. The zero-order valence-electron chi connectivity index (χ0n) is 22.2. The average molecular weight is 572 g/mol. The van der Waals surface area contributed by atoms with E-state index in [1.54, 1.807) is 43.3 Å². The molecule has 0 aliphatic carbocycles. The van der Waals surface area contributed by atoms with E-state index in [1.807, 2.05) is 19.9 Å². The van der Waals surface area contributed by atoms with Crippen LogP contribution in [0.4, 0.5) is 5.69 Å². The summed E-state index contributed by atoms with van der Waals surface area (Å²) in [5.41, 5.74) is 3.19. The summed E-state index contributed by atoms with van der Waals surface area (Å²) < 4.78 is 61.1. The Bertz CT molecular complexity index is 1560. The fourth-order valence-electron chi connectivity index (χ4n) is 4.27. The van der Waals surface area contributed by atoms with Crippen LogP contribution in [-0.2, 0) is 20.0 Å². The summed E-state index contributed by atoms with van der Waals surface area (Å²) >= 11 is 0. The van der Waals surface area contributed by atoms with Crippen LogP contribution in [0.2, 0.25) is 0 Å². The van der Waals surface area contributed by atoms with E-state index in [9.17, 15) is 21.6 Å². The maximum Gasteiger partial charge on any atom is 0.262 e. The number of carbonyl (C=O) groups is 1. The van der Waals surface area contributed by atoms with Crippen LogP contribution in [0.3, 0.4) is 0 Å². The molecular weight excluding hydrogens is 538 g/mol. The first kappa shape index (κ1) is 28.6. The molecule has 0 unspecified atom stereocenters. The number of carbonyl (C=O) groups excluding carboxylic acids is 1. The van der Waals surface area contributed by atoms with Crippen molar-refractivity contribution in [1.82, 2.24) is 9.62 Å². The molecule has 3 aromatic carbocycles. The van der Waals surface area contributed by atoms with Crippen LogP contribution < -0.4 is 14.8 Å². The van der Waals surface area contributed by atoms with Crippen molar-refractivity contribution in [3.8, 4) is 5.75 Å². The first-order chi connectivity index (χ1) is 18.5. The maximum absolute atomic E-state index is 13.1. The number of nitrogens with one attached hydrogen (secondary N) is 2. The molecule has 1 heterocycles. The van der Waals surface area contributed by atoms with Gasteiger partial charge in [-0.2, -0.15) is 4.31 Å². The highest BCUT2D eigenvalue weighted by atomic mass is 32.2. The lowest BCUT2D eigenvalue weighted by Crippen LogP contribution is -2.28. The van der Waals surface area contributed by atoms with E-state index in [1.165, 1.54) is 22.5 Å². The number of anilines is 1. The molecule has 0 radical (unpaired) electrons. The number of aryl methyl sites for hydroxylation is 3. The molecule has 4 rings (SSSR count). The molecule has 1 aliphatic rings. The van der Waals surface area contributed by atoms with Gasteiger partial charge in [-0.1, -0.05) is 12.1 Å². The third kappa shape index (κ3) is 6.78. The Kier molecular flexibility index (Phi) is 8.63. The van der Waals surface area contributed by atoms with Crippen LogP contribution >= 0.6 is 0 Å². The summed E-state index contributed by atoms with van der Waals surface area (Å²) in [4.78, 5) is 13.0. The van der Waals surface area contributed by atoms with Crippen LogP contribution in [0.25, 0.3) is 0 Å². The quantitative estimate of drug-likeness (QED) is 0.355. The largest absolute Gasteiger partial charge is 0.492 e. The minimum Gasteiger partial charge on any atom is -0.492 e. The topological polar surface area (TPSA) is 122 Å². The molecule has 11 heteroatoms. The second-order valence-electron chi connectivity index (χ2n) is 9.57. The lowest BCUT2D eigenvalue weighted by Gasteiger charge is -2.15. The number of rotatable bonds is 10. The Morgan fingerprint density at radius 1 is 0.846 bits per heavy atom. The molecule has 1 fully saturated rings. The molecule has 208 valence electrons. The molecule has 2 N–H and O–H groups in total. The lowest BCUT2D eigenvalue weighted by atomic mass is 10.1. The standard InChI is InChI=1S/C28H33N3O6S2/c1-20-7-9-24(18-22(20)3)30-38(33,34)27-19-23(8-6-21(27)2)28(32)29-14-17-37-25-10-12-26(13-11-25)39(35,36)31-15-4-5-16-31/h6-13,18-19,30H,4-5,14-17H2,1-3H3,(H,29,32). The van der Waals surface area contributed by atoms with Gasteiger partial charge in [0.1, 0.15) is 12.4 Å². The summed E-state index contributed by atoms with van der Waals surface area (Å²) in [7, 11) is -7.40. The molecule has 0 bridgehead atoms. The van der Waals surface area contributed by atoms with Gasteiger partial charge in [0.15, 0.2) is 0 Å². The van der Waals surface area contributed by atoms with E-state index in [-0.39, 0.29) is 28.5 Å². The predicted octanol–water partition coefficient (Wildman–Crippen LogP) is 4.01. The molecule has 9 nitrogen and oxygen atoms in total. The normalized spacial score (nSPS) is 14.2. The number of amides is 1. The zero-order valence-corrected chi connectivity index (χ0v) is 23.9. The van der Waals surface area contributed by atoms with Crippen LogP contribution in [0, 0.1) is 20.8 Å². The van der Waals surface area contributed by atoms with Gasteiger partial charge in [0.05, 0.1) is 16.3 Å². The van der Waals surface area contributed by atoms with Gasteiger partial charge in [0.25, 0.3) is 15.9 Å². The van der Waals surface area contributed by atoms with E-state index in [4.69, 9.17) is 4.74 Å². The van der Waals surface area contributed by atoms with E-state index >= 15 is 0 Å². The van der Waals surface area contributed by atoms with Crippen molar-refractivity contribution in [2.45, 2.75) is 43.4 Å². The summed E-state index contributed by atoms with van der Waals surface area (Å²) in [6, 6.07) is 16.0. The van der Waals surface area contributed by atoms with Gasteiger partial charge in [-0.25, -0.2) is 16.8 Å². The summed E-state index contributed by atoms with van der Waals surface area (Å²) in [5.74, 6) is 0.0408. The summed E-state index contributed by atoms with van der Waals surface area (Å²) in [6.45, 7) is 6.92. The second kappa shape index (κ2) is 11.8. The van der Waals surface area contributed by atoms with Crippen molar-refractivity contribution in [2.24, 2.45) is 0 Å². The highest BCUT2D eigenvalue weighted by molar-refractivity contribution is 7.92. The Labute approximate surface area is 230 Å².